The molecule has 0 aromatic rings. The predicted octanol–water partition coefficient (Wildman–Crippen LogP) is -1.52. The van der Waals surface area contributed by atoms with Crippen LogP contribution in [0.4, 0.5) is 0 Å². The molecule has 0 atom stereocenters. The van der Waals surface area contributed by atoms with Gasteiger partial charge in [0.2, 0.25) is 0 Å². The summed E-state index contributed by atoms with van der Waals surface area (Å²) in [6.07, 6.45) is 0. The minimum absolute atomic E-state index is 0. The number of rotatable bonds is 0. The molecule has 0 bridgehead atoms. The van der Waals surface area contributed by atoms with Crippen LogP contribution in [0.5, 0.6) is 0 Å². The van der Waals surface area contributed by atoms with Gasteiger partial charge < -0.3 is 0 Å². The second-order valence-electron chi connectivity index (χ2n) is 0. The van der Waals surface area contributed by atoms with Gasteiger partial charge in [-0.05, 0) is 0 Å². The van der Waals surface area contributed by atoms with Gasteiger partial charge in [0.15, 0.2) is 0 Å². The Bertz CT molecular complexity index is 8.92. The molecule has 0 N–H and O–H groups in total. The van der Waals surface area contributed by atoms with Crippen LogP contribution in [0.2, 0.25) is 0 Å². The van der Waals surface area contributed by atoms with Crippen molar-refractivity contribution < 1.29 is 202 Å². The SMILES string of the molecule is [Ge].[Ge].[Ge].[Ge].[Sm].[Sm].[Sm].[Sm].[Sm]. The van der Waals surface area contributed by atoms with Crippen LogP contribution in [0.3, 0.4) is 0 Å². The largest absolute Gasteiger partial charge is 0 e. The van der Waals surface area contributed by atoms with Gasteiger partial charge in [0.05, 0.1) is 0 Å². The van der Waals surface area contributed by atoms with Crippen LogP contribution in [0.1, 0.15) is 0 Å². The van der Waals surface area contributed by atoms with E-state index in [4.69, 9.17) is 0 Å². The molecule has 0 aliphatic carbocycles. The molecule has 0 aromatic heterocycles. The molecule has 0 amide bonds. The third kappa shape index (κ3) is 47.4. The average molecular weight is 1040 g/mol. The average Bonchev–Trinajstić information content (AvgIpc) is 0. The molecule has 0 saturated heterocycles. The summed E-state index contributed by atoms with van der Waals surface area (Å²) in [6.45, 7) is 0. The third-order valence-corrected chi connectivity index (χ3v) is 0. The van der Waals surface area contributed by atoms with Crippen LogP contribution in [0.15, 0.2) is 0 Å². The van der Waals surface area contributed by atoms with Gasteiger partial charge in [0.25, 0.3) is 0 Å². The smallest absolute Gasteiger partial charge is 0 e. The van der Waals surface area contributed by atoms with Crippen LogP contribution in [-0.2, 0) is 0 Å². The van der Waals surface area contributed by atoms with Crippen molar-refractivity contribution in [2.45, 2.75) is 0 Å². The topological polar surface area (TPSA) is 0 Å². The Morgan fingerprint density at radius 2 is 0.222 bits per heavy atom. The molecule has 0 unspecified atom stereocenters. The van der Waals surface area contributed by atoms with E-state index in [1.165, 1.54) is 0 Å². The van der Waals surface area contributed by atoms with E-state index in [9.17, 15) is 0 Å². The van der Waals surface area contributed by atoms with Gasteiger partial charge >= 0.3 is 0 Å². The molecule has 0 fully saturated rings. The Labute approximate surface area is 263 Å². The number of hydrogen-bond acceptors (Lipinski definition) is 0. The van der Waals surface area contributed by atoms with Gasteiger partial charge in [-0.3, -0.25) is 0 Å². The van der Waals surface area contributed by atoms with E-state index in [2.05, 4.69) is 0 Å². The molecule has 0 heterocycles. The first-order chi connectivity index (χ1) is 0. The van der Waals surface area contributed by atoms with Gasteiger partial charge in [0, 0.05) is 272 Å². The van der Waals surface area contributed by atoms with E-state index in [0.717, 1.165) is 0 Å². The second-order valence-corrected chi connectivity index (χ2v) is 0. The summed E-state index contributed by atoms with van der Waals surface area (Å²) in [7, 11) is 0. The zero-order valence-electron chi connectivity index (χ0n) is 4.04. The first-order valence-corrected chi connectivity index (χ1v) is 0. The molecule has 0 aliphatic rings. The standard InChI is InChI=1S/4Ge.5Sm. The van der Waals surface area contributed by atoms with E-state index in [1.807, 2.05) is 0 Å². The molecular formula is Ge4Sm5. The fourth-order valence-corrected chi connectivity index (χ4v) is 0. The van der Waals surface area contributed by atoms with Crippen LogP contribution in [0, 0.1) is 202 Å². The van der Waals surface area contributed by atoms with Gasteiger partial charge in [-0.2, -0.15) is 0 Å². The Morgan fingerprint density at radius 3 is 0.222 bits per heavy atom. The van der Waals surface area contributed by atoms with E-state index >= 15 is 0 Å². The first kappa shape index (κ1) is 64.7. The molecular weight excluding hydrogens is 1040 g/mol. The minimum atomic E-state index is 0. The summed E-state index contributed by atoms with van der Waals surface area (Å²) in [5.74, 6) is 0. The molecule has 0 rings (SSSR count). The van der Waals surface area contributed by atoms with E-state index in [0.29, 0.717) is 0 Å². The molecule has 9 heteroatoms. The van der Waals surface area contributed by atoms with Crippen molar-refractivity contribution >= 4 is 70.4 Å². The fraction of sp³-hybridized carbons (Fsp3) is 0. The molecule has 16 radical (unpaired) electrons. The number of hydrogen-bond donors (Lipinski definition) is 0. The first-order valence-electron chi connectivity index (χ1n) is 0. The maximum atomic E-state index is 0. The molecule has 0 aromatic carbocycles. The maximum absolute atomic E-state index is 0. The second kappa shape index (κ2) is 54.0. The normalized spacial score (nSPS) is 0. The summed E-state index contributed by atoms with van der Waals surface area (Å²) < 4.78 is 0. The molecule has 0 aliphatic heterocycles. The van der Waals surface area contributed by atoms with Gasteiger partial charge in [-0.25, -0.2) is 0 Å². The van der Waals surface area contributed by atoms with Crippen molar-refractivity contribution in [2.24, 2.45) is 0 Å². The predicted molar refractivity (Wildman–Crippen MR) is 23.0 cm³/mol. The van der Waals surface area contributed by atoms with Gasteiger partial charge in [-0.15, -0.1) is 0 Å². The van der Waals surface area contributed by atoms with Crippen LogP contribution in [0.25, 0.3) is 0 Å². The summed E-state index contributed by atoms with van der Waals surface area (Å²) in [6, 6.07) is 0. The van der Waals surface area contributed by atoms with Crippen molar-refractivity contribution in [3.63, 3.8) is 0 Å². The summed E-state index contributed by atoms with van der Waals surface area (Å²) >= 11 is 0. The maximum Gasteiger partial charge on any atom is 0 e. The molecule has 0 nitrogen and oxygen atoms in total. The third-order valence-electron chi connectivity index (χ3n) is 0. The Hall–Kier alpha value is 8.86. The zero-order chi connectivity index (χ0) is 0. The van der Waals surface area contributed by atoms with Crippen LogP contribution in [-0.4, -0.2) is 70.4 Å². The Kier molecular flexibility index (Phi) is 388. The monoisotopic (exact) mass is 1060 g/mol. The molecule has 46 valence electrons. The molecule has 0 spiro atoms. The van der Waals surface area contributed by atoms with Crippen LogP contribution >= 0.6 is 0 Å². The Balaban J connectivity index is 0. The van der Waals surface area contributed by atoms with Gasteiger partial charge in [-0.1, -0.05) is 0 Å². The van der Waals surface area contributed by atoms with Crippen molar-refractivity contribution in [1.29, 1.82) is 0 Å². The minimum Gasteiger partial charge on any atom is 0 e. The van der Waals surface area contributed by atoms with Gasteiger partial charge in [0.1, 0.15) is 0 Å². The van der Waals surface area contributed by atoms with Crippen molar-refractivity contribution in [1.82, 2.24) is 0 Å². The molecule has 0 saturated carbocycles. The summed E-state index contributed by atoms with van der Waals surface area (Å²) in [5.41, 5.74) is 0. The Morgan fingerprint density at radius 1 is 0.222 bits per heavy atom. The summed E-state index contributed by atoms with van der Waals surface area (Å²) in [4.78, 5) is 0. The van der Waals surface area contributed by atoms with Crippen molar-refractivity contribution in [2.75, 3.05) is 0 Å². The molecule has 9 heavy (non-hydrogen) atoms. The van der Waals surface area contributed by atoms with E-state index < -0.39 is 0 Å². The van der Waals surface area contributed by atoms with E-state index in [1.54, 1.807) is 0 Å². The summed E-state index contributed by atoms with van der Waals surface area (Å²) in [5, 5.41) is 0. The van der Waals surface area contributed by atoms with Crippen molar-refractivity contribution in [3.8, 4) is 0 Å². The van der Waals surface area contributed by atoms with Crippen LogP contribution < -0.4 is 0 Å². The quantitative estimate of drug-likeness (QED) is 0.259. The zero-order valence-corrected chi connectivity index (χ0v) is 25.5. The fourth-order valence-electron chi connectivity index (χ4n) is 0. The van der Waals surface area contributed by atoms with Crippen molar-refractivity contribution in [3.05, 3.63) is 0 Å². The van der Waals surface area contributed by atoms with E-state index in [-0.39, 0.29) is 272 Å².